The van der Waals surface area contributed by atoms with Gasteiger partial charge in [0.2, 0.25) is 0 Å². The fourth-order valence-corrected chi connectivity index (χ4v) is 3.93. The van der Waals surface area contributed by atoms with Gasteiger partial charge in [0.25, 0.3) is 0 Å². The molecule has 0 unspecified atom stereocenters. The van der Waals surface area contributed by atoms with Crippen LogP contribution >= 0.6 is 23.2 Å². The predicted octanol–water partition coefficient (Wildman–Crippen LogP) is 5.33. The highest BCUT2D eigenvalue weighted by molar-refractivity contribution is 6.36. The average Bonchev–Trinajstić information content (AvgIpc) is 2.65. The third kappa shape index (κ3) is 3.39. The second kappa shape index (κ2) is 7.22. The van der Waals surface area contributed by atoms with Crippen molar-refractivity contribution in [3.63, 3.8) is 0 Å². The van der Waals surface area contributed by atoms with E-state index < -0.39 is 0 Å². The van der Waals surface area contributed by atoms with E-state index in [1.54, 1.807) is 12.3 Å². The summed E-state index contributed by atoms with van der Waals surface area (Å²) in [4.78, 5) is 6.52. The maximum absolute atomic E-state index is 10.6. The van der Waals surface area contributed by atoms with Crippen molar-refractivity contribution in [1.29, 1.82) is 0 Å². The zero-order valence-electron chi connectivity index (χ0n) is 14.1. The predicted molar refractivity (Wildman–Crippen MR) is 109 cm³/mol. The molecule has 0 amide bonds. The molecule has 2 heterocycles. The summed E-state index contributed by atoms with van der Waals surface area (Å²) in [5.74, 6) is 0.308. The third-order valence-corrected chi connectivity index (χ3v) is 5.41. The second-order valence-corrected chi connectivity index (χ2v) is 7.38. The van der Waals surface area contributed by atoms with Gasteiger partial charge < -0.3 is 15.3 Å². The van der Waals surface area contributed by atoms with Gasteiger partial charge in [-0.3, -0.25) is 4.98 Å². The number of aromatic hydroxyl groups is 1. The van der Waals surface area contributed by atoms with Crippen LogP contribution in [-0.2, 0) is 0 Å². The van der Waals surface area contributed by atoms with E-state index in [1.807, 2.05) is 36.4 Å². The molecule has 0 saturated carbocycles. The van der Waals surface area contributed by atoms with Crippen LogP contribution < -0.4 is 10.2 Å². The van der Waals surface area contributed by atoms with Crippen molar-refractivity contribution in [2.24, 2.45) is 0 Å². The van der Waals surface area contributed by atoms with Gasteiger partial charge in [-0.1, -0.05) is 23.2 Å². The molecular formula is C20H19Cl2N3O. The van der Waals surface area contributed by atoms with Crippen LogP contribution in [0, 0.1) is 0 Å². The molecule has 1 fully saturated rings. The Kier molecular flexibility index (Phi) is 4.79. The van der Waals surface area contributed by atoms with Gasteiger partial charge in [-0.2, -0.15) is 0 Å². The van der Waals surface area contributed by atoms with Crippen LogP contribution in [-0.4, -0.2) is 29.2 Å². The van der Waals surface area contributed by atoms with Crippen molar-refractivity contribution >= 4 is 45.5 Å². The Morgan fingerprint density at radius 2 is 1.88 bits per heavy atom. The van der Waals surface area contributed by atoms with E-state index in [0.717, 1.165) is 48.2 Å². The molecule has 4 rings (SSSR count). The molecule has 1 aliphatic heterocycles. The molecular weight excluding hydrogens is 369 g/mol. The number of phenols is 1. The summed E-state index contributed by atoms with van der Waals surface area (Å²) in [6.07, 6.45) is 3.66. The zero-order valence-corrected chi connectivity index (χ0v) is 15.6. The SMILES string of the molecule is Oc1c(N2CCC(Nc3ccc(Cl)cc3Cl)CC2)ccc2ncccc12. The lowest BCUT2D eigenvalue weighted by Gasteiger charge is -2.35. The highest BCUT2D eigenvalue weighted by atomic mass is 35.5. The van der Waals surface area contributed by atoms with E-state index in [9.17, 15) is 5.11 Å². The van der Waals surface area contributed by atoms with Gasteiger partial charge >= 0.3 is 0 Å². The van der Waals surface area contributed by atoms with Crippen molar-refractivity contribution in [2.75, 3.05) is 23.3 Å². The Morgan fingerprint density at radius 1 is 1.08 bits per heavy atom. The number of nitrogens with zero attached hydrogens (tertiary/aromatic N) is 2. The summed E-state index contributed by atoms with van der Waals surface area (Å²) in [5, 5.41) is 16.2. The van der Waals surface area contributed by atoms with Crippen molar-refractivity contribution in [3.8, 4) is 5.75 Å². The monoisotopic (exact) mass is 387 g/mol. The smallest absolute Gasteiger partial charge is 0.148 e. The molecule has 134 valence electrons. The second-order valence-electron chi connectivity index (χ2n) is 6.53. The molecule has 6 heteroatoms. The first-order chi connectivity index (χ1) is 12.6. The minimum absolute atomic E-state index is 0.308. The molecule has 0 atom stereocenters. The van der Waals surface area contributed by atoms with Gasteiger partial charge in [-0.15, -0.1) is 0 Å². The molecule has 2 N–H and O–H groups in total. The fourth-order valence-electron chi connectivity index (χ4n) is 3.47. The Hall–Kier alpha value is -2.17. The van der Waals surface area contributed by atoms with E-state index in [0.29, 0.717) is 21.8 Å². The van der Waals surface area contributed by atoms with E-state index in [-0.39, 0.29) is 0 Å². The van der Waals surface area contributed by atoms with Gasteiger partial charge in [-0.05, 0) is 55.3 Å². The number of aromatic nitrogens is 1. The van der Waals surface area contributed by atoms with Crippen molar-refractivity contribution in [2.45, 2.75) is 18.9 Å². The van der Waals surface area contributed by atoms with Crippen LogP contribution in [0.3, 0.4) is 0 Å². The third-order valence-electron chi connectivity index (χ3n) is 4.86. The van der Waals surface area contributed by atoms with E-state index in [1.165, 1.54) is 0 Å². The number of hydrogen-bond donors (Lipinski definition) is 2. The van der Waals surface area contributed by atoms with Crippen LogP contribution in [0.2, 0.25) is 10.0 Å². The summed E-state index contributed by atoms with van der Waals surface area (Å²) in [6, 6.07) is 13.5. The van der Waals surface area contributed by atoms with Gasteiger partial charge in [0, 0.05) is 35.7 Å². The van der Waals surface area contributed by atoms with Crippen LogP contribution in [0.5, 0.6) is 5.75 Å². The van der Waals surface area contributed by atoms with Crippen LogP contribution in [0.1, 0.15) is 12.8 Å². The first-order valence-corrected chi connectivity index (χ1v) is 9.40. The number of hydrogen-bond acceptors (Lipinski definition) is 4. The van der Waals surface area contributed by atoms with E-state index in [2.05, 4.69) is 15.2 Å². The first-order valence-electron chi connectivity index (χ1n) is 8.65. The summed E-state index contributed by atoms with van der Waals surface area (Å²) < 4.78 is 0. The van der Waals surface area contributed by atoms with E-state index in [4.69, 9.17) is 23.2 Å². The van der Waals surface area contributed by atoms with Crippen molar-refractivity contribution in [1.82, 2.24) is 4.98 Å². The standard InChI is InChI=1S/C20H19Cl2N3O/c21-13-3-4-18(16(22)12-13)24-14-7-10-25(11-8-14)19-6-5-17-15(20(19)26)2-1-9-23-17/h1-6,9,12,14,24,26H,7-8,10-11H2. The summed E-state index contributed by atoms with van der Waals surface area (Å²) in [6.45, 7) is 1.73. The number of anilines is 2. The van der Waals surface area contributed by atoms with Gasteiger partial charge in [0.1, 0.15) is 5.75 Å². The average molecular weight is 388 g/mol. The van der Waals surface area contributed by atoms with Gasteiger partial charge in [0.05, 0.1) is 21.9 Å². The van der Waals surface area contributed by atoms with Crippen molar-refractivity contribution < 1.29 is 5.11 Å². The minimum Gasteiger partial charge on any atom is -0.505 e. The highest BCUT2D eigenvalue weighted by Gasteiger charge is 2.22. The molecule has 1 aromatic heterocycles. The molecule has 2 aromatic carbocycles. The number of halogens is 2. The normalized spacial score (nSPS) is 15.4. The van der Waals surface area contributed by atoms with Crippen LogP contribution in [0.25, 0.3) is 10.9 Å². The fraction of sp³-hybridized carbons (Fsp3) is 0.250. The van der Waals surface area contributed by atoms with Crippen molar-refractivity contribution in [3.05, 3.63) is 58.7 Å². The molecule has 0 radical (unpaired) electrons. The van der Waals surface area contributed by atoms with Crippen LogP contribution in [0.15, 0.2) is 48.7 Å². The molecule has 0 aliphatic carbocycles. The lowest BCUT2D eigenvalue weighted by atomic mass is 10.0. The van der Waals surface area contributed by atoms with Crippen LogP contribution in [0.4, 0.5) is 11.4 Å². The molecule has 3 aromatic rings. The molecule has 1 saturated heterocycles. The molecule has 0 spiro atoms. The zero-order chi connectivity index (χ0) is 18.1. The maximum Gasteiger partial charge on any atom is 0.148 e. The minimum atomic E-state index is 0.308. The lowest BCUT2D eigenvalue weighted by Crippen LogP contribution is -2.39. The summed E-state index contributed by atoms with van der Waals surface area (Å²) >= 11 is 12.2. The molecule has 4 nitrogen and oxygen atoms in total. The number of rotatable bonds is 3. The summed E-state index contributed by atoms with van der Waals surface area (Å²) in [7, 11) is 0. The molecule has 0 bridgehead atoms. The Morgan fingerprint density at radius 3 is 2.65 bits per heavy atom. The number of piperidine rings is 1. The Labute approximate surface area is 162 Å². The highest BCUT2D eigenvalue weighted by Crippen LogP contribution is 2.36. The number of nitrogens with one attached hydrogen (secondary N) is 1. The molecule has 1 aliphatic rings. The number of benzene rings is 2. The lowest BCUT2D eigenvalue weighted by molar-refractivity contribution is 0.471. The van der Waals surface area contributed by atoms with Gasteiger partial charge in [-0.25, -0.2) is 0 Å². The Balaban J connectivity index is 1.46. The largest absolute Gasteiger partial charge is 0.505 e. The topological polar surface area (TPSA) is 48.4 Å². The number of pyridine rings is 1. The van der Waals surface area contributed by atoms with E-state index >= 15 is 0 Å². The summed E-state index contributed by atoms with van der Waals surface area (Å²) in [5.41, 5.74) is 2.59. The quantitative estimate of drug-likeness (QED) is 0.637. The first kappa shape index (κ1) is 17.3. The Bertz CT molecular complexity index is 939. The molecule has 26 heavy (non-hydrogen) atoms. The number of phenolic OH excluding ortho intramolecular Hbond substituents is 1. The number of fused-ring (bicyclic) bond motifs is 1. The van der Waals surface area contributed by atoms with Gasteiger partial charge in [0.15, 0.2) is 0 Å². The maximum atomic E-state index is 10.6.